The fourth-order valence-electron chi connectivity index (χ4n) is 2.48. The van der Waals surface area contributed by atoms with Crippen molar-refractivity contribution in [3.63, 3.8) is 0 Å². The summed E-state index contributed by atoms with van der Waals surface area (Å²) in [5.41, 5.74) is 0.418. The van der Waals surface area contributed by atoms with Crippen LogP contribution in [0.3, 0.4) is 0 Å². The van der Waals surface area contributed by atoms with E-state index in [4.69, 9.17) is 0 Å². The quantitative estimate of drug-likeness (QED) is 0.925. The molecule has 1 N–H and O–H groups in total. The Balaban J connectivity index is 2.17. The highest BCUT2D eigenvalue weighted by Crippen LogP contribution is 2.20. The number of hydrogen-bond acceptors (Lipinski definition) is 2. The summed E-state index contributed by atoms with van der Waals surface area (Å²) >= 11 is 3.10. The predicted octanol–water partition coefficient (Wildman–Crippen LogP) is 2.80. The summed E-state index contributed by atoms with van der Waals surface area (Å²) in [5, 5.41) is 3.28. The van der Waals surface area contributed by atoms with Crippen molar-refractivity contribution in [2.75, 3.05) is 19.6 Å². The van der Waals surface area contributed by atoms with Gasteiger partial charge in [0.05, 0.1) is 4.47 Å². The molecular weight excluding hydrogens is 311 g/mol. The van der Waals surface area contributed by atoms with Gasteiger partial charge in [0.1, 0.15) is 5.82 Å². The Morgan fingerprint density at radius 1 is 1.47 bits per heavy atom. The van der Waals surface area contributed by atoms with Crippen LogP contribution in [0.1, 0.15) is 30.1 Å². The number of carbonyl (C=O) groups is 1. The topological polar surface area (TPSA) is 32.3 Å². The summed E-state index contributed by atoms with van der Waals surface area (Å²) in [7, 11) is 0. The first-order chi connectivity index (χ1) is 9.13. The zero-order valence-electron chi connectivity index (χ0n) is 11.0. The maximum atomic E-state index is 13.5. The highest BCUT2D eigenvalue weighted by atomic mass is 79.9. The Morgan fingerprint density at radius 2 is 2.16 bits per heavy atom. The van der Waals surface area contributed by atoms with Gasteiger partial charge in [-0.05, 0) is 67.0 Å². The van der Waals surface area contributed by atoms with E-state index in [9.17, 15) is 9.18 Å². The number of nitrogens with one attached hydrogen (secondary N) is 1. The summed E-state index contributed by atoms with van der Waals surface area (Å²) < 4.78 is 13.9. The molecule has 0 aromatic heterocycles. The van der Waals surface area contributed by atoms with Crippen molar-refractivity contribution in [2.24, 2.45) is 0 Å². The van der Waals surface area contributed by atoms with Gasteiger partial charge >= 0.3 is 0 Å². The number of hydrogen-bond donors (Lipinski definition) is 1. The van der Waals surface area contributed by atoms with Crippen molar-refractivity contribution in [3.8, 4) is 0 Å². The molecule has 0 bridgehead atoms. The molecular formula is C14H18BrFN2O. The second-order valence-corrected chi connectivity index (χ2v) is 5.56. The maximum absolute atomic E-state index is 13.5. The van der Waals surface area contributed by atoms with Gasteiger partial charge in [-0.3, -0.25) is 4.79 Å². The summed E-state index contributed by atoms with van der Waals surface area (Å²) in [6, 6.07) is 4.80. The molecule has 1 amide bonds. The minimum absolute atomic E-state index is 0.0826. The van der Waals surface area contributed by atoms with Gasteiger partial charge < -0.3 is 10.2 Å². The van der Waals surface area contributed by atoms with Crippen molar-refractivity contribution in [2.45, 2.75) is 25.8 Å². The Bertz CT molecular complexity index is 461. The van der Waals surface area contributed by atoms with Gasteiger partial charge in [0, 0.05) is 18.2 Å². The standard InChI is InChI=1S/C14H18BrFN2O/c1-2-18(11-5-7-17-8-6-11)14(19)10-3-4-12(15)13(16)9-10/h3-4,9,11,17H,2,5-8H2,1H3. The van der Waals surface area contributed by atoms with Crippen molar-refractivity contribution >= 4 is 21.8 Å². The fourth-order valence-corrected chi connectivity index (χ4v) is 2.73. The summed E-state index contributed by atoms with van der Waals surface area (Å²) in [6.45, 7) is 4.49. The number of amides is 1. The first kappa shape index (κ1) is 14.5. The normalized spacial score (nSPS) is 16.4. The molecule has 0 aliphatic carbocycles. The summed E-state index contributed by atoms with van der Waals surface area (Å²) in [5.74, 6) is -0.479. The third-order valence-corrected chi connectivity index (χ3v) is 4.16. The third kappa shape index (κ3) is 3.34. The van der Waals surface area contributed by atoms with Crippen LogP contribution in [0.15, 0.2) is 22.7 Å². The number of benzene rings is 1. The van der Waals surface area contributed by atoms with Crippen LogP contribution in [0.25, 0.3) is 0 Å². The largest absolute Gasteiger partial charge is 0.336 e. The Labute approximate surface area is 121 Å². The number of piperidine rings is 1. The van der Waals surface area contributed by atoms with E-state index in [-0.39, 0.29) is 11.9 Å². The molecule has 1 aromatic rings. The second kappa shape index (κ2) is 6.48. The van der Waals surface area contributed by atoms with Crippen molar-refractivity contribution in [3.05, 3.63) is 34.1 Å². The minimum Gasteiger partial charge on any atom is -0.336 e. The molecule has 1 heterocycles. The van der Waals surface area contributed by atoms with Crippen LogP contribution in [-0.2, 0) is 0 Å². The van der Waals surface area contributed by atoms with Gasteiger partial charge in [-0.1, -0.05) is 0 Å². The number of rotatable bonds is 3. The van der Waals surface area contributed by atoms with Gasteiger partial charge in [0.2, 0.25) is 0 Å². The molecule has 1 aliphatic heterocycles. The highest BCUT2D eigenvalue weighted by molar-refractivity contribution is 9.10. The number of halogens is 2. The fraction of sp³-hybridized carbons (Fsp3) is 0.500. The average molecular weight is 329 g/mol. The molecule has 1 aliphatic rings. The Morgan fingerprint density at radius 3 is 2.74 bits per heavy atom. The van der Waals surface area contributed by atoms with Crippen molar-refractivity contribution < 1.29 is 9.18 Å². The molecule has 0 unspecified atom stereocenters. The van der Waals surface area contributed by atoms with Gasteiger partial charge in [0.15, 0.2) is 0 Å². The van der Waals surface area contributed by atoms with E-state index in [1.54, 1.807) is 12.1 Å². The van der Waals surface area contributed by atoms with Gasteiger partial charge in [-0.2, -0.15) is 0 Å². The van der Waals surface area contributed by atoms with E-state index < -0.39 is 5.82 Å². The average Bonchev–Trinajstić information content (AvgIpc) is 2.44. The predicted molar refractivity (Wildman–Crippen MR) is 76.7 cm³/mol. The molecule has 0 radical (unpaired) electrons. The molecule has 1 fully saturated rings. The monoisotopic (exact) mass is 328 g/mol. The van der Waals surface area contributed by atoms with Crippen LogP contribution in [0.4, 0.5) is 4.39 Å². The van der Waals surface area contributed by atoms with Crippen LogP contribution in [0.2, 0.25) is 0 Å². The van der Waals surface area contributed by atoms with Crippen molar-refractivity contribution in [1.29, 1.82) is 0 Å². The maximum Gasteiger partial charge on any atom is 0.254 e. The van der Waals surface area contributed by atoms with E-state index >= 15 is 0 Å². The third-order valence-electron chi connectivity index (χ3n) is 3.52. The SMILES string of the molecule is CCN(C(=O)c1ccc(Br)c(F)c1)C1CCNCC1. The summed E-state index contributed by atoms with van der Waals surface area (Å²) in [6.07, 6.45) is 1.91. The smallest absolute Gasteiger partial charge is 0.254 e. The van der Waals surface area contributed by atoms with Gasteiger partial charge in [-0.25, -0.2) is 4.39 Å². The minimum atomic E-state index is -0.396. The highest BCUT2D eigenvalue weighted by Gasteiger charge is 2.25. The zero-order chi connectivity index (χ0) is 13.8. The van der Waals surface area contributed by atoms with Crippen LogP contribution in [0.5, 0.6) is 0 Å². The van der Waals surface area contributed by atoms with E-state index in [1.807, 2.05) is 11.8 Å². The van der Waals surface area contributed by atoms with Crippen LogP contribution in [-0.4, -0.2) is 36.5 Å². The number of carbonyl (C=O) groups excluding carboxylic acids is 1. The van der Waals surface area contributed by atoms with Crippen LogP contribution in [0, 0.1) is 5.82 Å². The van der Waals surface area contributed by atoms with Crippen molar-refractivity contribution in [1.82, 2.24) is 10.2 Å². The molecule has 1 aromatic carbocycles. The lowest BCUT2D eigenvalue weighted by Gasteiger charge is -2.34. The molecule has 5 heteroatoms. The first-order valence-electron chi connectivity index (χ1n) is 6.60. The van der Waals surface area contributed by atoms with E-state index in [2.05, 4.69) is 21.2 Å². The molecule has 104 valence electrons. The first-order valence-corrected chi connectivity index (χ1v) is 7.39. The van der Waals surface area contributed by atoms with Crippen LogP contribution < -0.4 is 5.32 Å². The van der Waals surface area contributed by atoms with Gasteiger partial charge in [-0.15, -0.1) is 0 Å². The molecule has 19 heavy (non-hydrogen) atoms. The molecule has 0 atom stereocenters. The van der Waals surface area contributed by atoms with E-state index in [0.29, 0.717) is 16.6 Å². The lowest BCUT2D eigenvalue weighted by molar-refractivity contribution is 0.0655. The Hall–Kier alpha value is -0.940. The number of nitrogens with zero attached hydrogens (tertiary/aromatic N) is 1. The van der Waals surface area contributed by atoms with E-state index in [1.165, 1.54) is 6.07 Å². The zero-order valence-corrected chi connectivity index (χ0v) is 12.5. The summed E-state index contributed by atoms with van der Waals surface area (Å²) in [4.78, 5) is 14.3. The molecule has 0 spiro atoms. The molecule has 0 saturated carbocycles. The van der Waals surface area contributed by atoms with E-state index in [0.717, 1.165) is 25.9 Å². The molecule has 3 nitrogen and oxygen atoms in total. The molecule has 2 rings (SSSR count). The molecule has 1 saturated heterocycles. The van der Waals surface area contributed by atoms with Crippen LogP contribution >= 0.6 is 15.9 Å². The second-order valence-electron chi connectivity index (χ2n) is 4.70. The van der Waals surface area contributed by atoms with Gasteiger partial charge in [0.25, 0.3) is 5.91 Å². The lowest BCUT2D eigenvalue weighted by Crippen LogP contribution is -2.46. The lowest BCUT2D eigenvalue weighted by atomic mass is 10.0. The Kier molecular flexibility index (Phi) is 4.93.